The van der Waals surface area contributed by atoms with Crippen LogP contribution in [0.1, 0.15) is 39.0 Å². The van der Waals surface area contributed by atoms with Gasteiger partial charge in [0, 0.05) is 34.6 Å². The number of fused-ring (bicyclic) bond motifs is 2. The van der Waals surface area contributed by atoms with Crippen molar-refractivity contribution in [2.75, 3.05) is 7.11 Å². The van der Waals surface area contributed by atoms with Crippen molar-refractivity contribution in [1.29, 1.82) is 0 Å². The first-order valence-corrected chi connectivity index (χ1v) is 11.7. The summed E-state index contributed by atoms with van der Waals surface area (Å²) in [7, 11) is 3.77. The fourth-order valence-electron chi connectivity index (χ4n) is 5.40. The van der Waals surface area contributed by atoms with Gasteiger partial charge < -0.3 is 18.6 Å². The molecule has 5 heteroatoms. The number of hydrogen-bond donors (Lipinski definition) is 0. The maximum atomic E-state index is 13.7. The number of hydrogen-bond acceptors (Lipinski definition) is 3. The number of benzene rings is 3. The zero-order valence-corrected chi connectivity index (χ0v) is 20.0. The first-order valence-electron chi connectivity index (χ1n) is 11.7. The predicted octanol–water partition coefficient (Wildman–Crippen LogP) is 6.50. The van der Waals surface area contributed by atoms with Crippen molar-refractivity contribution in [2.24, 2.45) is 7.05 Å². The molecule has 1 aliphatic heterocycles. The smallest absolute Gasteiger partial charge is 0.255 e. The van der Waals surface area contributed by atoms with Crippen LogP contribution in [-0.2, 0) is 13.6 Å². The number of aromatic nitrogens is 1. The van der Waals surface area contributed by atoms with Crippen LogP contribution in [0.5, 0.6) is 5.75 Å². The molecule has 6 rings (SSSR count). The summed E-state index contributed by atoms with van der Waals surface area (Å²) in [4.78, 5) is 15.7. The number of para-hydroxylation sites is 1. The fraction of sp³-hybridized carbons (Fsp3) is 0.167. The van der Waals surface area contributed by atoms with Gasteiger partial charge in [0.1, 0.15) is 17.3 Å². The molecule has 5 aromatic rings. The van der Waals surface area contributed by atoms with E-state index in [0.717, 1.165) is 56.1 Å². The van der Waals surface area contributed by atoms with Crippen LogP contribution in [-0.4, -0.2) is 22.5 Å². The molecule has 0 radical (unpaired) electrons. The van der Waals surface area contributed by atoms with E-state index in [9.17, 15) is 4.79 Å². The second-order valence-corrected chi connectivity index (χ2v) is 9.01. The molecule has 0 saturated carbocycles. The van der Waals surface area contributed by atoms with Gasteiger partial charge in [-0.3, -0.25) is 4.79 Å². The largest absolute Gasteiger partial charge is 0.497 e. The lowest BCUT2D eigenvalue weighted by atomic mass is 9.93. The summed E-state index contributed by atoms with van der Waals surface area (Å²) in [5.74, 6) is 2.42. The molecule has 174 valence electrons. The average molecular weight is 463 g/mol. The predicted molar refractivity (Wildman–Crippen MR) is 137 cm³/mol. The molecule has 1 aliphatic rings. The highest BCUT2D eigenvalue weighted by Crippen LogP contribution is 2.47. The van der Waals surface area contributed by atoms with Crippen molar-refractivity contribution < 1.29 is 13.9 Å². The lowest BCUT2D eigenvalue weighted by Gasteiger charge is -2.26. The van der Waals surface area contributed by atoms with Gasteiger partial charge in [-0.05, 0) is 48.9 Å². The zero-order chi connectivity index (χ0) is 24.1. The van der Waals surface area contributed by atoms with Crippen LogP contribution < -0.4 is 4.74 Å². The molecule has 0 bridgehead atoms. The van der Waals surface area contributed by atoms with E-state index in [4.69, 9.17) is 9.15 Å². The van der Waals surface area contributed by atoms with Gasteiger partial charge in [-0.2, -0.15) is 0 Å². The van der Waals surface area contributed by atoms with Crippen LogP contribution in [0.4, 0.5) is 0 Å². The summed E-state index contributed by atoms with van der Waals surface area (Å²) in [5, 5.41) is 1.13. The van der Waals surface area contributed by atoms with Gasteiger partial charge in [-0.25, -0.2) is 0 Å². The molecule has 3 aromatic carbocycles. The quantitative estimate of drug-likeness (QED) is 0.299. The third kappa shape index (κ3) is 3.35. The molecule has 0 fully saturated rings. The van der Waals surface area contributed by atoms with E-state index >= 15 is 0 Å². The maximum Gasteiger partial charge on any atom is 0.255 e. The Morgan fingerprint density at radius 1 is 0.943 bits per heavy atom. The molecule has 1 unspecified atom stereocenters. The maximum absolute atomic E-state index is 13.7. The lowest BCUT2D eigenvalue weighted by Crippen LogP contribution is -2.28. The van der Waals surface area contributed by atoms with Gasteiger partial charge in [-0.15, -0.1) is 0 Å². The highest BCUT2D eigenvalue weighted by molar-refractivity contribution is 6.02. The van der Waals surface area contributed by atoms with E-state index in [-0.39, 0.29) is 11.9 Å². The number of furan rings is 1. The van der Waals surface area contributed by atoms with Crippen molar-refractivity contribution in [3.63, 3.8) is 0 Å². The number of amides is 1. The summed E-state index contributed by atoms with van der Waals surface area (Å²) in [6, 6.07) is 28.1. The first-order chi connectivity index (χ1) is 17.1. The fourth-order valence-corrected chi connectivity index (χ4v) is 5.40. The minimum atomic E-state index is -0.253. The molecule has 0 saturated heterocycles. The zero-order valence-electron chi connectivity index (χ0n) is 20.0. The number of rotatable bonds is 5. The van der Waals surface area contributed by atoms with Crippen LogP contribution in [0.3, 0.4) is 0 Å². The van der Waals surface area contributed by atoms with Crippen LogP contribution >= 0.6 is 0 Å². The van der Waals surface area contributed by atoms with Gasteiger partial charge in [-0.1, -0.05) is 48.5 Å². The summed E-state index contributed by atoms with van der Waals surface area (Å²) in [6.07, 6.45) is 0. The molecule has 35 heavy (non-hydrogen) atoms. The highest BCUT2D eigenvalue weighted by Gasteiger charge is 2.41. The van der Waals surface area contributed by atoms with Gasteiger partial charge in [0.2, 0.25) is 0 Å². The third-order valence-corrected chi connectivity index (χ3v) is 6.94. The monoisotopic (exact) mass is 462 g/mol. The first kappa shape index (κ1) is 21.3. The molecule has 2 aromatic heterocycles. The van der Waals surface area contributed by atoms with Crippen molar-refractivity contribution in [2.45, 2.75) is 19.5 Å². The summed E-state index contributed by atoms with van der Waals surface area (Å²) in [6.45, 7) is 2.32. The molecule has 0 spiro atoms. The van der Waals surface area contributed by atoms with Gasteiger partial charge >= 0.3 is 0 Å². The Labute approximate surface area is 204 Å². The molecule has 3 heterocycles. The van der Waals surface area contributed by atoms with Crippen LogP contribution in [0.15, 0.2) is 89.3 Å². The van der Waals surface area contributed by atoms with Crippen molar-refractivity contribution in [3.8, 4) is 17.0 Å². The van der Waals surface area contributed by atoms with Gasteiger partial charge in [0.15, 0.2) is 0 Å². The number of ether oxygens (including phenoxy) is 1. The van der Waals surface area contributed by atoms with E-state index in [1.54, 1.807) is 7.11 Å². The van der Waals surface area contributed by atoms with E-state index in [0.29, 0.717) is 6.54 Å². The molecule has 1 atom stereocenters. The third-order valence-electron chi connectivity index (χ3n) is 6.94. The molecular weight excluding hydrogens is 436 g/mol. The second-order valence-electron chi connectivity index (χ2n) is 9.01. The molecule has 1 amide bonds. The van der Waals surface area contributed by atoms with Crippen LogP contribution in [0, 0.1) is 6.92 Å². The van der Waals surface area contributed by atoms with E-state index < -0.39 is 0 Å². The molecule has 0 N–H and O–H groups in total. The standard InChI is InChI=1S/C30H26N2O3/c1-19-15-16-22(35-19)18-32-29(23-11-4-5-12-24(23)30(32)33)27-25-13-6-7-14-26(25)31(2)28(27)20-9-8-10-21(17-20)34-3/h4-17,29H,18H2,1-3H3. The minimum absolute atomic E-state index is 0.0178. The van der Waals surface area contributed by atoms with Gasteiger partial charge in [0.05, 0.1) is 25.4 Å². The normalized spacial score (nSPS) is 15.1. The van der Waals surface area contributed by atoms with Gasteiger partial charge in [0.25, 0.3) is 5.91 Å². The second kappa shape index (κ2) is 8.20. The SMILES string of the molecule is COc1cccc(-c2c(C3c4ccccc4C(=O)N3Cc3ccc(C)o3)c3ccccc3n2C)c1. The Balaban J connectivity index is 1.63. The van der Waals surface area contributed by atoms with Crippen LogP contribution in [0.2, 0.25) is 0 Å². The number of carbonyl (C=O) groups is 1. The Kier molecular flexibility index (Phi) is 4.99. The lowest BCUT2D eigenvalue weighted by molar-refractivity contribution is 0.0723. The topological polar surface area (TPSA) is 47.6 Å². The Hall–Kier alpha value is -4.25. The molecule has 5 nitrogen and oxygen atoms in total. The summed E-state index contributed by atoms with van der Waals surface area (Å²) < 4.78 is 13.7. The molecular formula is C30H26N2O3. The Morgan fingerprint density at radius 2 is 1.74 bits per heavy atom. The van der Waals surface area contributed by atoms with E-state index in [1.165, 1.54) is 0 Å². The van der Waals surface area contributed by atoms with E-state index in [1.807, 2.05) is 54.3 Å². The number of carbonyl (C=O) groups excluding carboxylic acids is 1. The summed E-state index contributed by atoms with van der Waals surface area (Å²) in [5.41, 5.74) is 6.10. The Bertz CT molecular complexity index is 1580. The van der Waals surface area contributed by atoms with Crippen LogP contribution in [0.25, 0.3) is 22.2 Å². The van der Waals surface area contributed by atoms with Crippen molar-refractivity contribution >= 4 is 16.8 Å². The number of nitrogens with zero attached hydrogens (tertiary/aromatic N) is 2. The highest BCUT2D eigenvalue weighted by atomic mass is 16.5. The van der Waals surface area contributed by atoms with Crippen molar-refractivity contribution in [3.05, 3.63) is 113 Å². The Morgan fingerprint density at radius 3 is 2.54 bits per heavy atom. The number of methoxy groups -OCH3 is 1. The van der Waals surface area contributed by atoms with E-state index in [2.05, 4.69) is 54.1 Å². The number of aryl methyl sites for hydroxylation is 2. The molecule has 0 aliphatic carbocycles. The minimum Gasteiger partial charge on any atom is -0.497 e. The average Bonchev–Trinajstić information content (AvgIpc) is 3.52. The van der Waals surface area contributed by atoms with Crippen molar-refractivity contribution in [1.82, 2.24) is 9.47 Å². The summed E-state index contributed by atoms with van der Waals surface area (Å²) >= 11 is 0.